The molecule has 7 heteroatoms. The molecule has 154 valence electrons. The van der Waals surface area contributed by atoms with E-state index in [4.69, 9.17) is 9.47 Å². The van der Waals surface area contributed by atoms with E-state index in [-0.39, 0.29) is 30.1 Å². The van der Waals surface area contributed by atoms with E-state index < -0.39 is 0 Å². The first-order valence-corrected chi connectivity index (χ1v) is 10.2. The number of benzene rings is 2. The molecule has 6 nitrogen and oxygen atoms in total. The summed E-state index contributed by atoms with van der Waals surface area (Å²) in [7, 11) is 0. The number of hydrogen-bond acceptors (Lipinski definition) is 5. The maximum atomic E-state index is 13.5. The largest absolute Gasteiger partial charge is 0.367 e. The molecule has 0 spiro atoms. The van der Waals surface area contributed by atoms with Gasteiger partial charge in [0, 0.05) is 17.3 Å². The predicted octanol–water partition coefficient (Wildman–Crippen LogP) is 1.99. The molecule has 2 aromatic carbocycles. The van der Waals surface area contributed by atoms with Gasteiger partial charge in [0.05, 0.1) is 18.3 Å². The highest BCUT2D eigenvalue weighted by atomic mass is 19.1. The van der Waals surface area contributed by atoms with Crippen LogP contribution in [0.2, 0.25) is 0 Å². The first kappa shape index (κ1) is 19.1. The number of rotatable bonds is 6. The van der Waals surface area contributed by atoms with Crippen molar-refractivity contribution in [3.05, 3.63) is 78.2 Å². The number of anilines is 1. The molecule has 0 amide bonds. The Morgan fingerprint density at radius 3 is 2.73 bits per heavy atom. The molecule has 3 N–H and O–H groups in total. The second-order valence-electron chi connectivity index (χ2n) is 7.71. The van der Waals surface area contributed by atoms with Gasteiger partial charge in [-0.25, -0.2) is 14.4 Å². The highest BCUT2D eigenvalue weighted by molar-refractivity contribution is 5.60. The molecule has 2 saturated heterocycles. The number of fused-ring (bicyclic) bond motifs is 1. The summed E-state index contributed by atoms with van der Waals surface area (Å²) in [6, 6.07) is 18.8. The first-order valence-electron chi connectivity index (χ1n) is 10.2. The van der Waals surface area contributed by atoms with E-state index in [9.17, 15) is 4.39 Å². The monoisotopic (exact) mass is 407 g/mol. The van der Waals surface area contributed by atoms with Crippen molar-refractivity contribution >= 4 is 5.95 Å². The Morgan fingerprint density at radius 1 is 1.00 bits per heavy atom. The zero-order valence-corrected chi connectivity index (χ0v) is 16.4. The van der Waals surface area contributed by atoms with Gasteiger partial charge in [0.1, 0.15) is 37.2 Å². The Labute approximate surface area is 174 Å². The maximum absolute atomic E-state index is 13.5. The number of halogens is 1. The van der Waals surface area contributed by atoms with Gasteiger partial charge < -0.3 is 20.1 Å². The maximum Gasteiger partial charge on any atom is 0.223 e. The quantitative estimate of drug-likeness (QED) is 0.654. The van der Waals surface area contributed by atoms with Gasteiger partial charge in [0.15, 0.2) is 0 Å². The molecule has 30 heavy (non-hydrogen) atoms. The smallest absolute Gasteiger partial charge is 0.223 e. The van der Waals surface area contributed by atoms with Crippen LogP contribution in [0.25, 0.3) is 11.3 Å². The van der Waals surface area contributed by atoms with Crippen LogP contribution in [0.4, 0.5) is 10.3 Å². The fourth-order valence-electron chi connectivity index (χ4n) is 4.16. The van der Waals surface area contributed by atoms with Crippen molar-refractivity contribution in [2.24, 2.45) is 0 Å². The van der Waals surface area contributed by atoms with Crippen LogP contribution < -0.4 is 10.6 Å². The second kappa shape index (κ2) is 8.47. The number of nitrogens with zero attached hydrogens (tertiary/aromatic N) is 2. The molecule has 2 aliphatic heterocycles. The van der Waals surface area contributed by atoms with Crippen LogP contribution in [0.15, 0.2) is 66.9 Å². The minimum Gasteiger partial charge on any atom is -0.367 e. The highest BCUT2D eigenvalue weighted by Gasteiger charge is 2.49. The number of hydrogen-bond donors (Lipinski definition) is 2. The van der Waals surface area contributed by atoms with Crippen LogP contribution in [0.3, 0.4) is 0 Å². The molecule has 2 fully saturated rings. The highest BCUT2D eigenvalue weighted by Crippen LogP contribution is 2.28. The van der Waals surface area contributed by atoms with E-state index in [0.717, 1.165) is 6.54 Å². The molecule has 2 aliphatic rings. The Morgan fingerprint density at radius 2 is 1.87 bits per heavy atom. The number of ether oxygens (including phenoxy) is 2. The Hall–Kier alpha value is -2.87. The van der Waals surface area contributed by atoms with Crippen LogP contribution in [0, 0.1) is 5.82 Å². The van der Waals surface area contributed by atoms with Crippen LogP contribution in [0.1, 0.15) is 5.56 Å². The fraction of sp³-hybridized carbons (Fsp3) is 0.304. The molecular formula is C23H24FN4O2+. The molecule has 0 radical (unpaired) electrons. The van der Waals surface area contributed by atoms with Crippen molar-refractivity contribution in [1.82, 2.24) is 9.97 Å². The summed E-state index contributed by atoms with van der Waals surface area (Å²) in [6.45, 7) is 2.10. The lowest BCUT2D eigenvalue weighted by atomic mass is 10.1. The van der Waals surface area contributed by atoms with Gasteiger partial charge in [-0.05, 0) is 18.2 Å². The average molecular weight is 407 g/mol. The molecule has 3 heterocycles. The van der Waals surface area contributed by atoms with Gasteiger partial charge >= 0.3 is 0 Å². The van der Waals surface area contributed by atoms with E-state index in [1.807, 2.05) is 12.1 Å². The third kappa shape index (κ3) is 4.05. The number of aromatic nitrogens is 2. The van der Waals surface area contributed by atoms with Gasteiger partial charge in [0.25, 0.3) is 0 Å². The Balaban J connectivity index is 1.23. The van der Waals surface area contributed by atoms with Crippen LogP contribution in [-0.2, 0) is 16.0 Å². The van der Waals surface area contributed by atoms with Crippen LogP contribution >= 0.6 is 0 Å². The summed E-state index contributed by atoms with van der Waals surface area (Å²) < 4.78 is 25.7. The first-order chi connectivity index (χ1) is 14.8. The normalized spacial score (nSPS) is 25.2. The lowest BCUT2D eigenvalue weighted by Crippen LogP contribution is -2.91. The van der Waals surface area contributed by atoms with Gasteiger partial charge in [-0.15, -0.1) is 0 Å². The molecule has 1 aromatic heterocycles. The third-order valence-electron chi connectivity index (χ3n) is 5.68. The number of quaternary nitrogens is 1. The lowest BCUT2D eigenvalue weighted by Gasteiger charge is -2.17. The Kier molecular flexibility index (Phi) is 5.40. The van der Waals surface area contributed by atoms with E-state index in [0.29, 0.717) is 30.4 Å². The topological polar surface area (TPSA) is 72.9 Å². The minimum absolute atomic E-state index is 0.0205. The summed E-state index contributed by atoms with van der Waals surface area (Å²) in [5.41, 5.74) is 2.67. The summed E-state index contributed by atoms with van der Waals surface area (Å²) in [6.07, 6.45) is 1.68. The Bertz CT molecular complexity index is 1000. The van der Waals surface area contributed by atoms with Gasteiger partial charge in [0.2, 0.25) is 5.95 Å². The lowest BCUT2D eigenvalue weighted by molar-refractivity contribution is -0.707. The molecule has 0 unspecified atom stereocenters. The summed E-state index contributed by atoms with van der Waals surface area (Å²) >= 11 is 0. The molecule has 0 aliphatic carbocycles. The standard InChI is InChI=1S/C23H23FN4O2/c24-17-8-4-7-16(11-17)18-9-10-25-23(27-18)28-20-14-30-21-19(13-29-22(20)21)26-12-15-5-2-1-3-6-15/h1-11,19-22,26H,12-14H2,(H,25,27,28)/p+1/t19-,20-,21+,22+/m0/s1. The van der Waals surface area contributed by atoms with Gasteiger partial charge in [-0.1, -0.05) is 42.5 Å². The van der Waals surface area contributed by atoms with Crippen LogP contribution in [0.5, 0.6) is 0 Å². The number of nitrogens with two attached hydrogens (primary N) is 1. The molecule has 4 atom stereocenters. The SMILES string of the molecule is Fc1cccc(-c2ccnc(N[C@H]3CO[C@H]4[C@@H]3OC[C@@H]4[NH2+]Cc3ccccc3)n2)c1. The summed E-state index contributed by atoms with van der Waals surface area (Å²) in [5, 5.41) is 5.65. The molecule has 3 aromatic rings. The minimum atomic E-state index is -0.287. The third-order valence-corrected chi connectivity index (χ3v) is 5.68. The second-order valence-corrected chi connectivity index (χ2v) is 7.71. The summed E-state index contributed by atoms with van der Waals surface area (Å²) in [5.74, 6) is 0.205. The van der Waals surface area contributed by atoms with E-state index in [1.54, 1.807) is 18.3 Å². The van der Waals surface area contributed by atoms with E-state index >= 15 is 0 Å². The average Bonchev–Trinajstić information content (AvgIpc) is 3.36. The zero-order valence-electron chi connectivity index (χ0n) is 16.4. The van der Waals surface area contributed by atoms with Crippen LogP contribution in [-0.4, -0.2) is 47.5 Å². The van der Waals surface area contributed by atoms with Crippen molar-refractivity contribution in [2.45, 2.75) is 30.8 Å². The molecule has 0 saturated carbocycles. The number of nitrogens with one attached hydrogen (secondary N) is 1. The van der Waals surface area contributed by atoms with Crippen molar-refractivity contribution in [2.75, 3.05) is 18.5 Å². The van der Waals surface area contributed by atoms with Gasteiger partial charge in [-0.3, -0.25) is 0 Å². The molecular weight excluding hydrogens is 383 g/mol. The summed E-state index contributed by atoms with van der Waals surface area (Å²) in [4.78, 5) is 8.87. The van der Waals surface area contributed by atoms with E-state index in [2.05, 4.69) is 44.9 Å². The molecule has 0 bridgehead atoms. The van der Waals surface area contributed by atoms with Crippen molar-refractivity contribution in [3.63, 3.8) is 0 Å². The predicted molar refractivity (Wildman–Crippen MR) is 110 cm³/mol. The molecule has 5 rings (SSSR count). The fourth-order valence-corrected chi connectivity index (χ4v) is 4.16. The van der Waals surface area contributed by atoms with Crippen molar-refractivity contribution in [1.29, 1.82) is 0 Å². The zero-order chi connectivity index (χ0) is 20.3. The van der Waals surface area contributed by atoms with Crippen molar-refractivity contribution < 1.29 is 19.2 Å². The van der Waals surface area contributed by atoms with Gasteiger partial charge in [-0.2, -0.15) is 0 Å². The van der Waals surface area contributed by atoms with E-state index in [1.165, 1.54) is 17.7 Å². The van der Waals surface area contributed by atoms with Crippen molar-refractivity contribution in [3.8, 4) is 11.3 Å².